The highest BCUT2D eigenvalue weighted by Gasteiger charge is 2.13. The highest BCUT2D eigenvalue weighted by atomic mass is 32.2. The number of aliphatic carboxylic acids is 1. The first-order valence-corrected chi connectivity index (χ1v) is 9.24. The van der Waals surface area contributed by atoms with Gasteiger partial charge in [-0.05, 0) is 30.7 Å². The summed E-state index contributed by atoms with van der Waals surface area (Å²) in [5.74, 6) is -0.982. The fourth-order valence-electron chi connectivity index (χ4n) is 2.32. The van der Waals surface area contributed by atoms with Crippen molar-refractivity contribution in [2.24, 2.45) is 0 Å². The molecule has 0 aliphatic carbocycles. The van der Waals surface area contributed by atoms with Crippen LogP contribution in [0.5, 0.6) is 0 Å². The largest absolute Gasteiger partial charge is 0.478 e. The summed E-state index contributed by atoms with van der Waals surface area (Å²) in [7, 11) is -3.21. The molecule has 2 rings (SSSR count). The van der Waals surface area contributed by atoms with Crippen molar-refractivity contribution >= 4 is 27.1 Å². The Morgan fingerprint density at radius 3 is 2.29 bits per heavy atom. The van der Waals surface area contributed by atoms with Crippen molar-refractivity contribution < 1.29 is 18.3 Å². The van der Waals surface area contributed by atoms with Gasteiger partial charge in [-0.3, -0.25) is 0 Å². The molecule has 2 aromatic carbocycles. The molecule has 0 aliphatic heterocycles. The summed E-state index contributed by atoms with van der Waals surface area (Å²) in [6, 6.07) is 13.8. The number of hydrogen-bond acceptors (Lipinski definition) is 4. The zero-order chi connectivity index (χ0) is 17.7. The lowest BCUT2D eigenvalue weighted by Gasteiger charge is -2.13. The van der Waals surface area contributed by atoms with Crippen LogP contribution in [0.4, 0.5) is 5.69 Å². The third-order valence-electron chi connectivity index (χ3n) is 3.57. The van der Waals surface area contributed by atoms with Gasteiger partial charge in [0.1, 0.15) is 0 Å². The van der Waals surface area contributed by atoms with Gasteiger partial charge < -0.3 is 10.4 Å². The summed E-state index contributed by atoms with van der Waals surface area (Å²) >= 11 is 0. The van der Waals surface area contributed by atoms with E-state index in [4.69, 9.17) is 0 Å². The molecule has 2 aromatic rings. The molecule has 0 aliphatic rings. The zero-order valence-electron chi connectivity index (χ0n) is 13.5. The van der Waals surface area contributed by atoms with Crippen molar-refractivity contribution in [1.29, 1.82) is 0 Å². The Balaban J connectivity index is 2.20. The summed E-state index contributed by atoms with van der Waals surface area (Å²) in [6.45, 7) is 2.14. The molecule has 0 fully saturated rings. The minimum absolute atomic E-state index is 0.227. The maximum atomic E-state index is 11.5. The first kappa shape index (κ1) is 17.7. The van der Waals surface area contributed by atoms with Crippen LogP contribution in [0.1, 0.15) is 18.1 Å². The molecule has 6 heteroatoms. The second-order valence-electron chi connectivity index (χ2n) is 5.32. The highest BCUT2D eigenvalue weighted by molar-refractivity contribution is 7.90. The van der Waals surface area contributed by atoms with E-state index in [2.05, 4.69) is 5.32 Å². The van der Waals surface area contributed by atoms with Gasteiger partial charge in [0.25, 0.3) is 0 Å². The van der Waals surface area contributed by atoms with Gasteiger partial charge in [-0.25, -0.2) is 13.2 Å². The number of allylic oxidation sites excluding steroid dienone is 1. The van der Waals surface area contributed by atoms with E-state index in [-0.39, 0.29) is 10.5 Å². The summed E-state index contributed by atoms with van der Waals surface area (Å²) in [4.78, 5) is 11.6. The highest BCUT2D eigenvalue weighted by Crippen LogP contribution is 2.24. The van der Waals surface area contributed by atoms with Gasteiger partial charge in [-0.1, -0.05) is 36.4 Å². The van der Waals surface area contributed by atoms with Crippen LogP contribution in [0.15, 0.2) is 59.5 Å². The second-order valence-corrected chi connectivity index (χ2v) is 7.34. The Kier molecular flexibility index (Phi) is 5.41. The molecule has 0 saturated heterocycles. The molecule has 0 atom stereocenters. The minimum Gasteiger partial charge on any atom is -0.478 e. The van der Waals surface area contributed by atoms with E-state index < -0.39 is 15.8 Å². The molecule has 0 amide bonds. The summed E-state index contributed by atoms with van der Waals surface area (Å²) in [5.41, 5.74) is 2.44. The van der Waals surface area contributed by atoms with Gasteiger partial charge in [0.15, 0.2) is 9.84 Å². The van der Waals surface area contributed by atoms with Crippen molar-refractivity contribution in [2.45, 2.75) is 18.4 Å². The number of carbonyl (C=O) groups is 1. The van der Waals surface area contributed by atoms with Crippen molar-refractivity contribution in [3.05, 3.63) is 65.7 Å². The molecule has 126 valence electrons. The van der Waals surface area contributed by atoms with Crippen LogP contribution in [-0.4, -0.2) is 25.7 Å². The molecule has 0 spiro atoms. The molecule has 24 heavy (non-hydrogen) atoms. The smallest absolute Gasteiger partial charge is 0.336 e. The molecule has 0 bridgehead atoms. The average Bonchev–Trinajstić information content (AvgIpc) is 2.54. The molecule has 0 radical (unpaired) electrons. The molecule has 5 nitrogen and oxygen atoms in total. The molecule has 2 N–H and O–H groups in total. The number of benzene rings is 2. The standard InChI is InChI=1S/C18H19NO4S/c1-3-15(18(20)21)16-6-4-5-7-17(16)19-12-13-8-10-14(11-9-13)24(2,22)23/h3-11,19H,12H2,1-2H3,(H,20,21)/b15-3+. The van der Waals surface area contributed by atoms with Gasteiger partial charge in [0, 0.05) is 24.1 Å². The van der Waals surface area contributed by atoms with Crippen molar-refractivity contribution in [2.75, 3.05) is 11.6 Å². The first-order valence-electron chi connectivity index (χ1n) is 7.35. The Morgan fingerprint density at radius 1 is 1.12 bits per heavy atom. The predicted octanol–water partition coefficient (Wildman–Crippen LogP) is 3.19. The van der Waals surface area contributed by atoms with E-state index in [0.717, 1.165) is 5.56 Å². The summed E-state index contributed by atoms with van der Waals surface area (Å²) < 4.78 is 22.9. The van der Waals surface area contributed by atoms with Crippen molar-refractivity contribution in [3.63, 3.8) is 0 Å². The topological polar surface area (TPSA) is 83.5 Å². The number of anilines is 1. The number of para-hydroxylation sites is 1. The Morgan fingerprint density at radius 2 is 1.75 bits per heavy atom. The Bertz CT molecular complexity index is 868. The zero-order valence-corrected chi connectivity index (χ0v) is 14.3. The van der Waals surface area contributed by atoms with Gasteiger partial charge in [0.2, 0.25) is 0 Å². The van der Waals surface area contributed by atoms with Crippen LogP contribution in [-0.2, 0) is 21.2 Å². The number of rotatable bonds is 6. The quantitative estimate of drug-likeness (QED) is 0.786. The van der Waals surface area contributed by atoms with E-state index in [1.54, 1.807) is 49.4 Å². The molecule has 0 unspecified atom stereocenters. The first-order chi connectivity index (χ1) is 11.3. The van der Waals surface area contributed by atoms with Gasteiger partial charge in [0.05, 0.1) is 10.5 Å². The third kappa shape index (κ3) is 4.23. The normalized spacial score (nSPS) is 12.0. The molecule has 0 saturated carbocycles. The summed E-state index contributed by atoms with van der Waals surface area (Å²) in [6.07, 6.45) is 2.73. The van der Waals surface area contributed by atoms with Crippen LogP contribution in [0, 0.1) is 0 Å². The maximum absolute atomic E-state index is 11.5. The van der Waals surface area contributed by atoms with Crippen LogP contribution in [0.2, 0.25) is 0 Å². The van der Waals surface area contributed by atoms with E-state index in [9.17, 15) is 18.3 Å². The molecule has 0 heterocycles. The fourth-order valence-corrected chi connectivity index (χ4v) is 2.95. The number of carboxylic acids is 1. The molecular formula is C18H19NO4S. The van der Waals surface area contributed by atoms with E-state index in [1.165, 1.54) is 6.26 Å². The van der Waals surface area contributed by atoms with Gasteiger partial charge in [-0.2, -0.15) is 0 Å². The molecule has 0 aromatic heterocycles. The van der Waals surface area contributed by atoms with Crippen LogP contribution in [0.3, 0.4) is 0 Å². The van der Waals surface area contributed by atoms with Crippen molar-refractivity contribution in [1.82, 2.24) is 0 Å². The lowest BCUT2D eigenvalue weighted by atomic mass is 10.0. The average molecular weight is 345 g/mol. The number of nitrogens with one attached hydrogen (secondary N) is 1. The number of carboxylic acid groups (broad SMARTS) is 1. The Labute approximate surface area is 141 Å². The van der Waals surface area contributed by atoms with E-state index in [0.29, 0.717) is 17.8 Å². The van der Waals surface area contributed by atoms with E-state index in [1.807, 2.05) is 12.1 Å². The third-order valence-corrected chi connectivity index (χ3v) is 4.70. The fraction of sp³-hybridized carbons (Fsp3) is 0.167. The predicted molar refractivity (Wildman–Crippen MR) is 94.6 cm³/mol. The molecular weight excluding hydrogens is 326 g/mol. The minimum atomic E-state index is -3.21. The number of hydrogen-bond donors (Lipinski definition) is 2. The van der Waals surface area contributed by atoms with Gasteiger partial charge in [-0.15, -0.1) is 0 Å². The Hall–Kier alpha value is -2.60. The second kappa shape index (κ2) is 7.31. The number of sulfone groups is 1. The SMILES string of the molecule is C/C=C(/C(=O)O)c1ccccc1NCc1ccc(S(C)(=O)=O)cc1. The monoisotopic (exact) mass is 345 g/mol. The lowest BCUT2D eigenvalue weighted by molar-refractivity contribution is -0.130. The van der Waals surface area contributed by atoms with Crippen LogP contribution >= 0.6 is 0 Å². The van der Waals surface area contributed by atoms with Crippen LogP contribution in [0.25, 0.3) is 5.57 Å². The van der Waals surface area contributed by atoms with Gasteiger partial charge >= 0.3 is 5.97 Å². The van der Waals surface area contributed by atoms with Crippen molar-refractivity contribution in [3.8, 4) is 0 Å². The summed E-state index contributed by atoms with van der Waals surface area (Å²) in [5, 5.41) is 12.5. The lowest BCUT2D eigenvalue weighted by Crippen LogP contribution is -2.06. The van der Waals surface area contributed by atoms with Crippen LogP contribution < -0.4 is 5.32 Å². The maximum Gasteiger partial charge on any atom is 0.336 e. The van der Waals surface area contributed by atoms with E-state index >= 15 is 0 Å².